The van der Waals surface area contributed by atoms with Crippen LogP contribution in [-0.4, -0.2) is 52.4 Å². The van der Waals surface area contributed by atoms with E-state index < -0.39 is 12.1 Å². The maximum Gasteiger partial charge on any atom is 0.335 e. The molecule has 2 unspecified atom stereocenters. The monoisotopic (exact) mass is 358 g/mol. The van der Waals surface area contributed by atoms with Gasteiger partial charge in [-0.25, -0.2) is 9.78 Å². The normalized spacial score (nSPS) is 19.5. The van der Waals surface area contributed by atoms with Crippen molar-refractivity contribution in [3.63, 3.8) is 0 Å². The van der Waals surface area contributed by atoms with Crippen molar-refractivity contribution in [1.29, 1.82) is 0 Å². The molecule has 136 valence electrons. The standard InChI is InChI=1S/C18H18N2O6/c21-12-3-6-15(19-9-12)17(22)20-14-7-8-25-10-16(14)26-13-4-1-11(2-5-13)18(23)24/h1-6,9,14,16,21H,7-8,10H2,(H,20,22)(H,23,24). The SMILES string of the molecule is O=C(O)c1ccc(OC2COCCC2NC(=O)c2ccc(O)cn2)cc1. The number of aromatic hydroxyl groups is 1. The van der Waals surface area contributed by atoms with Gasteiger partial charge in [-0.15, -0.1) is 0 Å². The third-order valence-corrected chi connectivity index (χ3v) is 3.99. The number of hydrogen-bond acceptors (Lipinski definition) is 6. The molecule has 1 aliphatic heterocycles. The lowest BCUT2D eigenvalue weighted by molar-refractivity contribution is -0.0135. The molecule has 2 atom stereocenters. The average Bonchev–Trinajstić information content (AvgIpc) is 2.64. The largest absolute Gasteiger partial charge is 0.506 e. The van der Waals surface area contributed by atoms with Gasteiger partial charge in [-0.05, 0) is 42.8 Å². The van der Waals surface area contributed by atoms with Gasteiger partial charge in [0.15, 0.2) is 0 Å². The van der Waals surface area contributed by atoms with Crippen LogP contribution in [0.5, 0.6) is 11.5 Å². The zero-order valence-corrected chi connectivity index (χ0v) is 13.8. The Morgan fingerprint density at radius 1 is 1.19 bits per heavy atom. The van der Waals surface area contributed by atoms with Crippen LogP contribution in [0.2, 0.25) is 0 Å². The second-order valence-electron chi connectivity index (χ2n) is 5.83. The van der Waals surface area contributed by atoms with Crippen LogP contribution < -0.4 is 10.1 Å². The predicted molar refractivity (Wildman–Crippen MR) is 90.4 cm³/mol. The molecular formula is C18H18N2O6. The van der Waals surface area contributed by atoms with E-state index in [4.69, 9.17) is 14.6 Å². The van der Waals surface area contributed by atoms with Crippen molar-refractivity contribution in [2.24, 2.45) is 0 Å². The van der Waals surface area contributed by atoms with Crippen molar-refractivity contribution >= 4 is 11.9 Å². The topological polar surface area (TPSA) is 118 Å². The molecule has 1 amide bonds. The van der Waals surface area contributed by atoms with Crippen molar-refractivity contribution in [3.8, 4) is 11.5 Å². The minimum absolute atomic E-state index is 0.0152. The summed E-state index contributed by atoms with van der Waals surface area (Å²) in [6.45, 7) is 0.792. The van der Waals surface area contributed by atoms with Gasteiger partial charge in [0.25, 0.3) is 5.91 Å². The summed E-state index contributed by atoms with van der Waals surface area (Å²) in [6, 6.07) is 8.58. The van der Waals surface area contributed by atoms with Gasteiger partial charge in [0, 0.05) is 6.61 Å². The number of ether oxygens (including phenoxy) is 2. The van der Waals surface area contributed by atoms with Crippen molar-refractivity contribution < 1.29 is 29.3 Å². The number of carbonyl (C=O) groups is 2. The smallest absolute Gasteiger partial charge is 0.335 e. The van der Waals surface area contributed by atoms with Crippen molar-refractivity contribution in [2.75, 3.05) is 13.2 Å². The first-order chi connectivity index (χ1) is 12.5. The lowest BCUT2D eigenvalue weighted by atomic mass is 10.1. The van der Waals surface area contributed by atoms with Crippen LogP contribution >= 0.6 is 0 Å². The number of carboxylic acid groups (broad SMARTS) is 1. The Labute approximate surface area is 149 Å². The van der Waals surface area contributed by atoms with Gasteiger partial charge in [0.05, 0.1) is 24.4 Å². The number of aromatic carboxylic acids is 1. The maximum absolute atomic E-state index is 12.3. The number of aromatic nitrogens is 1. The average molecular weight is 358 g/mol. The van der Waals surface area contributed by atoms with E-state index in [-0.39, 0.29) is 29.0 Å². The van der Waals surface area contributed by atoms with Gasteiger partial charge < -0.3 is 25.0 Å². The van der Waals surface area contributed by atoms with Gasteiger partial charge in [-0.1, -0.05) is 0 Å². The number of benzene rings is 1. The Balaban J connectivity index is 1.66. The van der Waals surface area contributed by atoms with E-state index in [1.165, 1.54) is 30.5 Å². The Hall–Kier alpha value is -3.13. The molecule has 2 heterocycles. The van der Waals surface area contributed by atoms with Crippen molar-refractivity contribution in [1.82, 2.24) is 10.3 Å². The molecule has 1 aromatic heterocycles. The fraction of sp³-hybridized carbons (Fsp3) is 0.278. The molecule has 1 saturated heterocycles. The minimum Gasteiger partial charge on any atom is -0.506 e. The number of rotatable bonds is 5. The highest BCUT2D eigenvalue weighted by Gasteiger charge is 2.29. The Kier molecular flexibility index (Phi) is 5.33. The summed E-state index contributed by atoms with van der Waals surface area (Å²) in [6.07, 6.45) is 1.36. The second-order valence-corrected chi connectivity index (χ2v) is 5.83. The summed E-state index contributed by atoms with van der Waals surface area (Å²) in [5, 5.41) is 21.1. The quantitative estimate of drug-likeness (QED) is 0.740. The van der Waals surface area contributed by atoms with E-state index in [0.717, 1.165) is 0 Å². The van der Waals surface area contributed by atoms with Crippen LogP contribution in [0, 0.1) is 0 Å². The summed E-state index contributed by atoms with van der Waals surface area (Å²) in [4.78, 5) is 27.1. The number of hydrogen-bond donors (Lipinski definition) is 3. The molecule has 3 rings (SSSR count). The molecular weight excluding hydrogens is 340 g/mol. The van der Waals surface area contributed by atoms with E-state index in [1.54, 1.807) is 12.1 Å². The summed E-state index contributed by atoms with van der Waals surface area (Å²) in [5.74, 6) is -0.901. The van der Waals surface area contributed by atoms with Gasteiger partial charge in [-0.3, -0.25) is 4.79 Å². The third-order valence-electron chi connectivity index (χ3n) is 3.99. The van der Waals surface area contributed by atoms with E-state index in [2.05, 4.69) is 10.3 Å². The Morgan fingerprint density at radius 2 is 1.96 bits per heavy atom. The van der Waals surface area contributed by atoms with Gasteiger partial charge in [-0.2, -0.15) is 0 Å². The molecule has 0 aliphatic carbocycles. The molecule has 1 fully saturated rings. The Morgan fingerprint density at radius 3 is 2.62 bits per heavy atom. The molecule has 26 heavy (non-hydrogen) atoms. The first-order valence-electron chi connectivity index (χ1n) is 8.06. The predicted octanol–water partition coefficient (Wildman–Crippen LogP) is 1.45. The first-order valence-corrected chi connectivity index (χ1v) is 8.06. The highest BCUT2D eigenvalue weighted by Crippen LogP contribution is 2.19. The maximum atomic E-state index is 12.3. The van der Waals surface area contributed by atoms with E-state index in [9.17, 15) is 14.7 Å². The van der Waals surface area contributed by atoms with Gasteiger partial charge in [0.1, 0.15) is 23.3 Å². The molecule has 1 aromatic carbocycles. The van der Waals surface area contributed by atoms with E-state index in [1.807, 2.05) is 0 Å². The first kappa shape index (κ1) is 17.7. The summed E-state index contributed by atoms with van der Waals surface area (Å²) in [5.41, 5.74) is 0.361. The number of carbonyl (C=O) groups excluding carboxylic acids is 1. The lowest BCUT2D eigenvalue weighted by Gasteiger charge is -2.32. The molecule has 0 saturated carbocycles. The fourth-order valence-electron chi connectivity index (χ4n) is 2.61. The van der Waals surface area contributed by atoms with E-state index >= 15 is 0 Å². The Bertz CT molecular complexity index is 775. The molecule has 0 spiro atoms. The van der Waals surface area contributed by atoms with Gasteiger partial charge >= 0.3 is 5.97 Å². The van der Waals surface area contributed by atoms with E-state index in [0.29, 0.717) is 25.4 Å². The van der Waals surface area contributed by atoms with Gasteiger partial charge in [0.2, 0.25) is 0 Å². The minimum atomic E-state index is -1.01. The molecule has 8 heteroatoms. The zero-order valence-electron chi connectivity index (χ0n) is 13.8. The van der Waals surface area contributed by atoms with Crippen LogP contribution in [0.4, 0.5) is 0 Å². The van der Waals surface area contributed by atoms with Crippen LogP contribution in [-0.2, 0) is 4.74 Å². The number of nitrogens with zero attached hydrogens (tertiary/aromatic N) is 1. The molecule has 0 bridgehead atoms. The summed E-state index contributed by atoms with van der Waals surface area (Å²) >= 11 is 0. The number of amides is 1. The number of carboxylic acids is 1. The van der Waals surface area contributed by atoms with Crippen LogP contribution in [0.3, 0.4) is 0 Å². The number of nitrogens with one attached hydrogen (secondary N) is 1. The van der Waals surface area contributed by atoms with Crippen LogP contribution in [0.15, 0.2) is 42.6 Å². The van der Waals surface area contributed by atoms with Crippen LogP contribution in [0.25, 0.3) is 0 Å². The third kappa shape index (κ3) is 4.28. The van der Waals surface area contributed by atoms with Crippen LogP contribution in [0.1, 0.15) is 27.3 Å². The van der Waals surface area contributed by atoms with Crippen molar-refractivity contribution in [2.45, 2.75) is 18.6 Å². The summed E-state index contributed by atoms with van der Waals surface area (Å²) in [7, 11) is 0. The molecule has 2 aromatic rings. The zero-order chi connectivity index (χ0) is 18.5. The lowest BCUT2D eigenvalue weighted by Crippen LogP contribution is -2.51. The molecule has 1 aliphatic rings. The molecule has 8 nitrogen and oxygen atoms in total. The van der Waals surface area contributed by atoms with Crippen molar-refractivity contribution in [3.05, 3.63) is 53.9 Å². The number of pyridine rings is 1. The molecule has 0 radical (unpaired) electrons. The highest BCUT2D eigenvalue weighted by atomic mass is 16.5. The molecule has 3 N–H and O–H groups in total. The summed E-state index contributed by atoms with van der Waals surface area (Å²) < 4.78 is 11.3. The second kappa shape index (κ2) is 7.83. The highest BCUT2D eigenvalue weighted by molar-refractivity contribution is 5.92. The fourth-order valence-corrected chi connectivity index (χ4v) is 2.61.